The second-order valence-corrected chi connectivity index (χ2v) is 6.51. The second-order valence-electron chi connectivity index (χ2n) is 4.31. The van der Waals surface area contributed by atoms with Crippen molar-refractivity contribution in [2.45, 2.75) is 4.34 Å². The highest BCUT2D eigenvalue weighted by Gasteiger charge is 2.28. The zero-order valence-corrected chi connectivity index (χ0v) is 13.0. The Morgan fingerprint density at radius 1 is 1.36 bits per heavy atom. The molecule has 0 aliphatic carbocycles. The van der Waals surface area contributed by atoms with E-state index in [4.69, 9.17) is 4.74 Å². The molecule has 2 heterocycles. The number of nitrogens with one attached hydrogen (secondary N) is 1. The zero-order valence-electron chi connectivity index (χ0n) is 11.4. The van der Waals surface area contributed by atoms with Crippen LogP contribution < -0.4 is 5.32 Å². The molecule has 0 unspecified atom stereocenters. The van der Waals surface area contributed by atoms with E-state index in [2.05, 4.69) is 15.5 Å². The maximum Gasteiger partial charge on any atom is 0.416 e. The molecular formula is C13H12N4O3S2. The number of ether oxygens (including phenoxy) is 1. The Bertz CT molecular complexity index is 677. The van der Waals surface area contributed by atoms with E-state index in [0.717, 1.165) is 10.6 Å². The number of amides is 2. The van der Waals surface area contributed by atoms with Crippen molar-refractivity contribution in [2.75, 3.05) is 24.2 Å². The molecule has 1 fully saturated rings. The topological polar surface area (TPSA) is 84.4 Å². The van der Waals surface area contributed by atoms with Gasteiger partial charge in [-0.2, -0.15) is 0 Å². The van der Waals surface area contributed by atoms with Gasteiger partial charge in [0.1, 0.15) is 6.61 Å². The van der Waals surface area contributed by atoms with Gasteiger partial charge in [-0.3, -0.25) is 4.79 Å². The van der Waals surface area contributed by atoms with Gasteiger partial charge in [0.2, 0.25) is 11.0 Å². The summed E-state index contributed by atoms with van der Waals surface area (Å²) in [5, 5.41) is 11.8. The number of cyclic esters (lactones) is 1. The SMILES string of the molecule is O=C(CSc1nnc(Nc2ccccc2)s1)N1CCOC1=O. The quantitative estimate of drug-likeness (QED) is 0.839. The van der Waals surface area contributed by atoms with E-state index in [0.29, 0.717) is 16.0 Å². The Morgan fingerprint density at radius 3 is 2.91 bits per heavy atom. The molecule has 1 aliphatic rings. The lowest BCUT2D eigenvalue weighted by Gasteiger charge is -2.08. The molecule has 0 bridgehead atoms. The minimum atomic E-state index is -0.575. The number of benzene rings is 1. The van der Waals surface area contributed by atoms with Gasteiger partial charge in [-0.15, -0.1) is 10.2 Å². The normalized spacial score (nSPS) is 14.0. The molecule has 7 nitrogen and oxygen atoms in total. The highest BCUT2D eigenvalue weighted by molar-refractivity contribution is 8.01. The number of thioether (sulfide) groups is 1. The van der Waals surface area contributed by atoms with Gasteiger partial charge in [-0.05, 0) is 12.1 Å². The fourth-order valence-corrected chi connectivity index (χ4v) is 3.43. The van der Waals surface area contributed by atoms with E-state index in [1.54, 1.807) is 0 Å². The standard InChI is InChI=1S/C13H12N4O3S2/c18-10(17-6-7-20-13(17)19)8-21-12-16-15-11(22-12)14-9-4-2-1-3-5-9/h1-5H,6-8H2,(H,14,15). The first-order valence-corrected chi connectivity index (χ1v) is 8.28. The molecule has 114 valence electrons. The molecule has 2 amide bonds. The number of hydrogen-bond donors (Lipinski definition) is 1. The highest BCUT2D eigenvalue weighted by Crippen LogP contribution is 2.27. The highest BCUT2D eigenvalue weighted by atomic mass is 32.2. The molecule has 1 aromatic heterocycles. The Balaban J connectivity index is 1.53. The number of aromatic nitrogens is 2. The molecule has 0 atom stereocenters. The fraction of sp³-hybridized carbons (Fsp3) is 0.231. The number of nitrogens with zero attached hydrogens (tertiary/aromatic N) is 3. The molecule has 9 heteroatoms. The third-order valence-electron chi connectivity index (χ3n) is 2.81. The van der Waals surface area contributed by atoms with Crippen molar-refractivity contribution in [3.63, 3.8) is 0 Å². The van der Waals surface area contributed by atoms with Crippen molar-refractivity contribution in [3.8, 4) is 0 Å². The number of hydrogen-bond acceptors (Lipinski definition) is 8. The number of rotatable bonds is 5. The maximum absolute atomic E-state index is 11.9. The van der Waals surface area contributed by atoms with Crippen LogP contribution in [0.3, 0.4) is 0 Å². The van der Waals surface area contributed by atoms with Crippen LogP contribution >= 0.6 is 23.1 Å². The van der Waals surface area contributed by atoms with Gasteiger partial charge in [0, 0.05) is 5.69 Å². The minimum absolute atomic E-state index is 0.134. The Kier molecular flexibility index (Phi) is 4.54. The number of para-hydroxylation sites is 1. The maximum atomic E-state index is 11.9. The van der Waals surface area contributed by atoms with Crippen molar-refractivity contribution in [2.24, 2.45) is 0 Å². The van der Waals surface area contributed by atoms with Crippen molar-refractivity contribution < 1.29 is 14.3 Å². The van der Waals surface area contributed by atoms with Gasteiger partial charge in [0.15, 0.2) is 4.34 Å². The number of imide groups is 1. The van der Waals surface area contributed by atoms with Crippen LogP contribution in [0.1, 0.15) is 0 Å². The third-order valence-corrected chi connectivity index (χ3v) is 4.77. The van der Waals surface area contributed by atoms with Crippen LogP contribution in [-0.4, -0.2) is 46.0 Å². The van der Waals surface area contributed by atoms with Gasteiger partial charge in [0.05, 0.1) is 12.3 Å². The van der Waals surface area contributed by atoms with Crippen LogP contribution in [-0.2, 0) is 9.53 Å². The number of carbonyl (C=O) groups excluding carboxylic acids is 2. The van der Waals surface area contributed by atoms with E-state index in [-0.39, 0.29) is 18.3 Å². The van der Waals surface area contributed by atoms with Crippen molar-refractivity contribution in [1.82, 2.24) is 15.1 Å². The van der Waals surface area contributed by atoms with Crippen LogP contribution in [0.4, 0.5) is 15.6 Å². The van der Waals surface area contributed by atoms with Gasteiger partial charge >= 0.3 is 6.09 Å². The first-order valence-electron chi connectivity index (χ1n) is 6.48. The van der Waals surface area contributed by atoms with Gasteiger partial charge in [0.25, 0.3) is 0 Å². The molecule has 2 aromatic rings. The molecule has 22 heavy (non-hydrogen) atoms. The largest absolute Gasteiger partial charge is 0.447 e. The lowest BCUT2D eigenvalue weighted by atomic mass is 10.3. The van der Waals surface area contributed by atoms with Gasteiger partial charge in [-0.1, -0.05) is 41.3 Å². The molecule has 0 saturated carbocycles. The van der Waals surface area contributed by atoms with E-state index < -0.39 is 6.09 Å². The summed E-state index contributed by atoms with van der Waals surface area (Å²) in [6, 6.07) is 9.63. The number of carbonyl (C=O) groups is 2. The monoisotopic (exact) mass is 336 g/mol. The first-order chi connectivity index (χ1) is 10.7. The summed E-state index contributed by atoms with van der Waals surface area (Å²) < 4.78 is 5.40. The van der Waals surface area contributed by atoms with E-state index in [9.17, 15) is 9.59 Å². The van der Waals surface area contributed by atoms with Crippen molar-refractivity contribution >= 4 is 45.9 Å². The molecule has 0 radical (unpaired) electrons. The molecular weight excluding hydrogens is 324 g/mol. The molecule has 0 spiro atoms. The average Bonchev–Trinajstić information content (AvgIpc) is 3.15. The molecule has 1 aromatic carbocycles. The lowest BCUT2D eigenvalue weighted by molar-refractivity contribution is -0.125. The zero-order chi connectivity index (χ0) is 15.4. The summed E-state index contributed by atoms with van der Waals surface area (Å²) >= 11 is 2.61. The van der Waals surface area contributed by atoms with Crippen LogP contribution in [0, 0.1) is 0 Å². The summed E-state index contributed by atoms with van der Waals surface area (Å²) in [6.45, 7) is 0.578. The summed E-state index contributed by atoms with van der Waals surface area (Å²) in [6.07, 6.45) is -0.575. The lowest BCUT2D eigenvalue weighted by Crippen LogP contribution is -2.32. The van der Waals surface area contributed by atoms with Crippen LogP contribution in [0.25, 0.3) is 0 Å². The van der Waals surface area contributed by atoms with E-state index >= 15 is 0 Å². The predicted molar refractivity (Wildman–Crippen MR) is 83.4 cm³/mol. The second kappa shape index (κ2) is 6.75. The van der Waals surface area contributed by atoms with Gasteiger partial charge in [-0.25, -0.2) is 9.69 Å². The Morgan fingerprint density at radius 2 is 2.18 bits per heavy atom. The Labute approximate surface area is 134 Å². The molecule has 1 saturated heterocycles. The van der Waals surface area contributed by atoms with Crippen molar-refractivity contribution in [1.29, 1.82) is 0 Å². The summed E-state index contributed by atoms with van der Waals surface area (Å²) in [5.41, 5.74) is 0.922. The molecule has 1 aliphatic heterocycles. The third kappa shape index (κ3) is 3.55. The van der Waals surface area contributed by atoms with E-state index in [1.807, 2.05) is 30.3 Å². The van der Waals surface area contributed by atoms with Gasteiger partial charge < -0.3 is 10.1 Å². The van der Waals surface area contributed by atoms with Crippen molar-refractivity contribution in [3.05, 3.63) is 30.3 Å². The number of anilines is 2. The fourth-order valence-electron chi connectivity index (χ4n) is 1.78. The summed E-state index contributed by atoms with van der Waals surface area (Å²) in [4.78, 5) is 24.3. The summed E-state index contributed by atoms with van der Waals surface area (Å²) in [5.74, 6) is -0.144. The Hall–Kier alpha value is -2.13. The van der Waals surface area contributed by atoms with Crippen LogP contribution in [0.5, 0.6) is 0 Å². The summed E-state index contributed by atoms with van der Waals surface area (Å²) in [7, 11) is 0. The van der Waals surface area contributed by atoms with Crippen LogP contribution in [0.2, 0.25) is 0 Å². The van der Waals surface area contributed by atoms with E-state index in [1.165, 1.54) is 23.1 Å². The van der Waals surface area contributed by atoms with Crippen LogP contribution in [0.15, 0.2) is 34.7 Å². The predicted octanol–water partition coefficient (Wildman–Crippen LogP) is 2.35. The molecule has 1 N–H and O–H groups in total. The molecule has 3 rings (SSSR count). The average molecular weight is 336 g/mol. The minimum Gasteiger partial charge on any atom is -0.447 e. The smallest absolute Gasteiger partial charge is 0.416 e. The first kappa shape index (κ1) is 14.8.